The Morgan fingerprint density at radius 3 is 2.37 bits per heavy atom. The van der Waals surface area contributed by atoms with Gasteiger partial charge in [0.1, 0.15) is 0 Å². The van der Waals surface area contributed by atoms with Gasteiger partial charge < -0.3 is 14.8 Å². The van der Waals surface area contributed by atoms with E-state index < -0.39 is 0 Å². The summed E-state index contributed by atoms with van der Waals surface area (Å²) in [4.78, 5) is 22.2. The molecule has 180 valence electrons. The lowest BCUT2D eigenvalue weighted by Gasteiger charge is -2.36. The van der Waals surface area contributed by atoms with Crippen LogP contribution >= 0.6 is 11.8 Å². The van der Waals surface area contributed by atoms with Crippen LogP contribution in [0.15, 0.2) is 84.0 Å². The van der Waals surface area contributed by atoms with E-state index in [2.05, 4.69) is 75.1 Å². The molecule has 5 rings (SSSR count). The number of thioether (sulfide) groups is 1. The molecule has 4 aromatic rings. The molecule has 3 aromatic carbocycles. The number of hydrogen-bond acceptors (Lipinski definition) is 5. The van der Waals surface area contributed by atoms with Crippen molar-refractivity contribution in [3.8, 4) is 0 Å². The summed E-state index contributed by atoms with van der Waals surface area (Å²) in [7, 11) is 0. The maximum Gasteiger partial charge on any atom is 0.234 e. The van der Waals surface area contributed by atoms with Crippen molar-refractivity contribution >= 4 is 40.1 Å². The van der Waals surface area contributed by atoms with E-state index in [-0.39, 0.29) is 5.91 Å². The largest absolute Gasteiger partial charge is 0.369 e. The van der Waals surface area contributed by atoms with E-state index >= 15 is 0 Å². The topological polar surface area (TPSA) is 53.4 Å². The Labute approximate surface area is 210 Å². The van der Waals surface area contributed by atoms with Crippen LogP contribution in [0.3, 0.4) is 0 Å². The first-order valence-electron chi connectivity index (χ1n) is 12.2. The van der Waals surface area contributed by atoms with Crippen molar-refractivity contribution in [2.24, 2.45) is 0 Å². The number of nitrogens with zero attached hydrogens (tertiary/aromatic N) is 4. The number of hydrogen-bond donors (Lipinski definition) is 1. The Balaban J connectivity index is 1.11. The summed E-state index contributed by atoms with van der Waals surface area (Å²) in [6, 6.07) is 26.9. The molecule has 0 saturated carbocycles. The van der Waals surface area contributed by atoms with Crippen LogP contribution in [0, 0.1) is 0 Å². The fraction of sp³-hybridized carbons (Fsp3) is 0.286. The SMILES string of the molecule is CCn1c(SCC(=O)Nc2ccc(N3CCN(Cc4ccccc4)CC3)cc2)nc2ccccc21. The zero-order chi connectivity index (χ0) is 24.0. The van der Waals surface area contributed by atoms with Crippen molar-refractivity contribution in [3.05, 3.63) is 84.4 Å². The molecule has 7 heteroatoms. The molecule has 6 nitrogen and oxygen atoms in total. The monoisotopic (exact) mass is 485 g/mol. The average molecular weight is 486 g/mol. The molecule has 1 aromatic heterocycles. The number of carbonyl (C=O) groups excluding carboxylic acids is 1. The highest BCUT2D eigenvalue weighted by Gasteiger charge is 2.17. The Bertz CT molecular complexity index is 1260. The number of para-hydroxylation sites is 2. The molecule has 1 saturated heterocycles. The number of aromatic nitrogens is 2. The summed E-state index contributed by atoms with van der Waals surface area (Å²) in [5.74, 6) is 0.307. The van der Waals surface area contributed by atoms with Gasteiger partial charge in [0.05, 0.1) is 16.8 Å². The van der Waals surface area contributed by atoms with Crippen molar-refractivity contribution in [1.29, 1.82) is 0 Å². The summed E-state index contributed by atoms with van der Waals surface area (Å²) in [6.45, 7) is 8.04. The number of amides is 1. The van der Waals surface area contributed by atoms with Gasteiger partial charge in [-0.15, -0.1) is 0 Å². The van der Waals surface area contributed by atoms with Crippen LogP contribution in [0.2, 0.25) is 0 Å². The number of benzene rings is 3. The summed E-state index contributed by atoms with van der Waals surface area (Å²) < 4.78 is 2.15. The minimum atomic E-state index is -0.0213. The summed E-state index contributed by atoms with van der Waals surface area (Å²) >= 11 is 1.48. The van der Waals surface area contributed by atoms with Gasteiger partial charge in [0.2, 0.25) is 5.91 Å². The molecule has 0 bridgehead atoms. The number of piperazine rings is 1. The van der Waals surface area contributed by atoms with Gasteiger partial charge in [0, 0.05) is 50.6 Å². The van der Waals surface area contributed by atoms with Crippen molar-refractivity contribution in [3.63, 3.8) is 0 Å². The van der Waals surface area contributed by atoms with Gasteiger partial charge in [-0.2, -0.15) is 0 Å². The minimum absolute atomic E-state index is 0.0213. The zero-order valence-corrected chi connectivity index (χ0v) is 20.9. The van der Waals surface area contributed by atoms with Crippen LogP contribution in [-0.2, 0) is 17.9 Å². The van der Waals surface area contributed by atoms with Gasteiger partial charge >= 0.3 is 0 Å². The third-order valence-electron chi connectivity index (χ3n) is 6.41. The molecule has 1 aliphatic heterocycles. The van der Waals surface area contributed by atoms with Gasteiger partial charge in [-0.05, 0) is 48.9 Å². The predicted octanol–water partition coefficient (Wildman–Crippen LogP) is 5.11. The number of rotatable bonds is 8. The normalized spacial score (nSPS) is 14.4. The molecule has 1 N–H and O–H groups in total. The molecule has 1 fully saturated rings. The molecule has 0 atom stereocenters. The van der Waals surface area contributed by atoms with Crippen LogP contribution in [0.25, 0.3) is 11.0 Å². The molecule has 0 spiro atoms. The molecule has 0 unspecified atom stereocenters. The first kappa shape index (κ1) is 23.5. The molecular formula is C28H31N5OS. The second kappa shape index (κ2) is 11.0. The number of nitrogens with one attached hydrogen (secondary N) is 1. The van der Waals surface area contributed by atoms with E-state index in [1.165, 1.54) is 23.0 Å². The van der Waals surface area contributed by atoms with Gasteiger partial charge in [-0.1, -0.05) is 54.2 Å². The van der Waals surface area contributed by atoms with Crippen LogP contribution < -0.4 is 10.2 Å². The lowest BCUT2D eigenvalue weighted by atomic mass is 10.2. The third-order valence-corrected chi connectivity index (χ3v) is 7.38. The smallest absolute Gasteiger partial charge is 0.234 e. The predicted molar refractivity (Wildman–Crippen MR) is 145 cm³/mol. The lowest BCUT2D eigenvalue weighted by molar-refractivity contribution is -0.113. The molecule has 0 aliphatic carbocycles. The Morgan fingerprint density at radius 2 is 1.63 bits per heavy atom. The molecule has 1 aliphatic rings. The maximum absolute atomic E-state index is 12.6. The fourth-order valence-corrected chi connectivity index (χ4v) is 5.44. The van der Waals surface area contributed by atoms with E-state index in [9.17, 15) is 4.79 Å². The fourth-order valence-electron chi connectivity index (χ4n) is 4.56. The molecule has 0 radical (unpaired) electrons. The Morgan fingerprint density at radius 1 is 0.914 bits per heavy atom. The van der Waals surface area contributed by atoms with E-state index in [0.29, 0.717) is 5.75 Å². The highest BCUT2D eigenvalue weighted by atomic mass is 32.2. The number of carbonyl (C=O) groups is 1. The van der Waals surface area contributed by atoms with E-state index in [1.807, 2.05) is 30.3 Å². The van der Waals surface area contributed by atoms with E-state index in [0.717, 1.165) is 61.1 Å². The number of fused-ring (bicyclic) bond motifs is 1. The van der Waals surface area contributed by atoms with Gasteiger partial charge in [0.15, 0.2) is 5.16 Å². The van der Waals surface area contributed by atoms with Crippen LogP contribution in [0.1, 0.15) is 12.5 Å². The third kappa shape index (κ3) is 5.69. The summed E-state index contributed by atoms with van der Waals surface area (Å²) in [5.41, 5.74) is 5.47. The number of imidazole rings is 1. The zero-order valence-electron chi connectivity index (χ0n) is 20.1. The molecule has 1 amide bonds. The number of aryl methyl sites for hydroxylation is 1. The minimum Gasteiger partial charge on any atom is -0.369 e. The summed E-state index contributed by atoms with van der Waals surface area (Å²) in [5, 5.41) is 3.90. The Kier molecular flexibility index (Phi) is 7.35. The van der Waals surface area contributed by atoms with E-state index in [1.54, 1.807) is 0 Å². The van der Waals surface area contributed by atoms with Crippen molar-refractivity contribution in [1.82, 2.24) is 14.5 Å². The lowest BCUT2D eigenvalue weighted by Crippen LogP contribution is -2.45. The van der Waals surface area contributed by atoms with Gasteiger partial charge in [-0.25, -0.2) is 4.98 Å². The van der Waals surface area contributed by atoms with Crippen LogP contribution in [0.4, 0.5) is 11.4 Å². The van der Waals surface area contributed by atoms with Crippen molar-refractivity contribution < 1.29 is 4.79 Å². The molecular weight excluding hydrogens is 454 g/mol. The highest BCUT2D eigenvalue weighted by molar-refractivity contribution is 7.99. The first-order valence-corrected chi connectivity index (χ1v) is 13.2. The second-order valence-electron chi connectivity index (χ2n) is 8.76. The van der Waals surface area contributed by atoms with Gasteiger partial charge in [0.25, 0.3) is 0 Å². The maximum atomic E-state index is 12.6. The van der Waals surface area contributed by atoms with E-state index in [4.69, 9.17) is 4.98 Å². The number of anilines is 2. The highest BCUT2D eigenvalue weighted by Crippen LogP contribution is 2.25. The Hall–Kier alpha value is -3.29. The van der Waals surface area contributed by atoms with Crippen LogP contribution in [0.5, 0.6) is 0 Å². The van der Waals surface area contributed by atoms with Crippen LogP contribution in [-0.4, -0.2) is 52.3 Å². The quantitative estimate of drug-likeness (QED) is 0.352. The van der Waals surface area contributed by atoms with Gasteiger partial charge in [-0.3, -0.25) is 9.69 Å². The first-order chi connectivity index (χ1) is 17.2. The second-order valence-corrected chi connectivity index (χ2v) is 9.70. The standard InChI is InChI=1S/C28H31N5OS/c1-2-33-26-11-7-6-10-25(26)30-28(33)35-21-27(34)29-23-12-14-24(15-13-23)32-18-16-31(17-19-32)20-22-8-4-3-5-9-22/h3-15H,2,16-21H2,1H3,(H,29,34). The van der Waals surface area contributed by atoms with Crippen molar-refractivity contribution in [2.45, 2.75) is 25.2 Å². The summed E-state index contributed by atoms with van der Waals surface area (Å²) in [6.07, 6.45) is 0. The average Bonchev–Trinajstić information content (AvgIpc) is 3.26. The molecule has 2 heterocycles. The molecule has 35 heavy (non-hydrogen) atoms. The van der Waals surface area contributed by atoms with Crippen molar-refractivity contribution in [2.75, 3.05) is 42.1 Å².